The lowest BCUT2D eigenvalue weighted by atomic mass is 9.73. The minimum atomic E-state index is -0.860. The van der Waals surface area contributed by atoms with E-state index in [0.29, 0.717) is 19.5 Å². The fraction of sp³-hybridized carbons (Fsp3) is 0.552. The van der Waals surface area contributed by atoms with Crippen LogP contribution in [0.1, 0.15) is 166 Å². The highest BCUT2D eigenvalue weighted by molar-refractivity contribution is 5.85. The molecule has 4 aromatic rings. The molecule has 7 rings (SSSR count). The van der Waals surface area contributed by atoms with Crippen molar-refractivity contribution in [3.05, 3.63) is 119 Å². The number of benzene rings is 4. The monoisotopic (exact) mass is 991 g/mol. The Balaban J connectivity index is 0. The molecule has 11 nitrogen and oxygen atoms in total. The lowest BCUT2D eigenvalue weighted by Crippen LogP contribution is -2.41. The van der Waals surface area contributed by atoms with Gasteiger partial charge in [-0.25, -0.2) is 0 Å². The minimum absolute atomic E-state index is 0. The molecule has 7 N–H and O–H groups in total. The van der Waals surface area contributed by atoms with Crippen LogP contribution in [-0.4, -0.2) is 73.7 Å². The van der Waals surface area contributed by atoms with Crippen molar-refractivity contribution >= 4 is 12.4 Å². The molecule has 3 fully saturated rings. The maximum atomic E-state index is 10.8. The third-order valence-corrected chi connectivity index (χ3v) is 13.5. The molecule has 12 heteroatoms. The van der Waals surface area contributed by atoms with Gasteiger partial charge in [0, 0.05) is 24.9 Å². The molecule has 392 valence electrons. The summed E-state index contributed by atoms with van der Waals surface area (Å²) in [6.07, 6.45) is 15.4. The molecule has 3 unspecified atom stereocenters. The molecule has 0 bridgehead atoms. The Kier molecular flexibility index (Phi) is 33.1. The topological polar surface area (TPSA) is 197 Å². The number of halogens is 1. The third kappa shape index (κ3) is 19.4. The number of methoxy groups -OCH3 is 4. The lowest BCUT2D eigenvalue weighted by molar-refractivity contribution is -0.0197. The van der Waals surface area contributed by atoms with Gasteiger partial charge in [-0.1, -0.05) is 136 Å². The van der Waals surface area contributed by atoms with Gasteiger partial charge in [0.2, 0.25) is 0 Å². The number of nitrogens with two attached hydrogens (primary N) is 2. The Hall–Kier alpha value is -4.85. The molecule has 3 saturated carbocycles. The van der Waals surface area contributed by atoms with E-state index < -0.39 is 22.7 Å². The first-order chi connectivity index (χ1) is 31.4. The maximum absolute atomic E-state index is 10.8. The molecule has 70 heavy (non-hydrogen) atoms. The maximum Gasteiger partial charge on any atom is 0.118 e. The van der Waals surface area contributed by atoms with Crippen LogP contribution in [0.5, 0.6) is 23.0 Å². The average Bonchev–Trinajstić information content (AvgIpc) is 3.34. The van der Waals surface area contributed by atoms with Crippen LogP contribution in [-0.2, 0) is 6.42 Å². The molecular formula is C58H91ClN4O7. The van der Waals surface area contributed by atoms with Crippen molar-refractivity contribution in [3.63, 3.8) is 0 Å². The van der Waals surface area contributed by atoms with Crippen LogP contribution in [0.3, 0.4) is 0 Å². The highest BCUT2D eigenvalue weighted by atomic mass is 35.5. The molecule has 0 aromatic heterocycles. The van der Waals surface area contributed by atoms with Crippen LogP contribution in [0.2, 0.25) is 0 Å². The molecule has 3 atom stereocenters. The number of ether oxygens (including phenoxy) is 4. The Labute approximate surface area is 429 Å². The number of nitriles is 2. The molecule has 0 heterocycles. The van der Waals surface area contributed by atoms with Gasteiger partial charge < -0.3 is 45.7 Å². The van der Waals surface area contributed by atoms with Crippen LogP contribution < -0.4 is 30.4 Å². The van der Waals surface area contributed by atoms with Gasteiger partial charge in [-0.15, -0.1) is 12.4 Å². The lowest BCUT2D eigenvalue weighted by Gasteiger charge is -2.39. The van der Waals surface area contributed by atoms with E-state index in [1.54, 1.807) is 28.4 Å². The summed E-state index contributed by atoms with van der Waals surface area (Å²) < 4.78 is 20.4. The molecule has 0 radical (unpaired) electrons. The van der Waals surface area contributed by atoms with Crippen molar-refractivity contribution in [3.8, 4) is 35.1 Å². The molecule has 0 saturated heterocycles. The number of nitrogens with zero attached hydrogens (tertiary/aromatic N) is 2. The molecule has 3 aliphatic rings. The zero-order valence-corrected chi connectivity index (χ0v) is 40.4. The summed E-state index contributed by atoms with van der Waals surface area (Å²) >= 11 is 0. The molecule has 0 spiro atoms. The quantitative estimate of drug-likeness (QED) is 0.0854. The first kappa shape index (κ1) is 67.2. The van der Waals surface area contributed by atoms with Gasteiger partial charge in [0.15, 0.2) is 0 Å². The zero-order chi connectivity index (χ0) is 47.1. The predicted octanol–water partition coefficient (Wildman–Crippen LogP) is 12.6. The fourth-order valence-corrected chi connectivity index (χ4v) is 9.62. The van der Waals surface area contributed by atoms with Crippen molar-refractivity contribution in [1.82, 2.24) is 0 Å². The van der Waals surface area contributed by atoms with Gasteiger partial charge in [0.25, 0.3) is 0 Å². The Bertz CT molecular complexity index is 1940. The zero-order valence-electron chi connectivity index (χ0n) is 39.6. The summed E-state index contributed by atoms with van der Waals surface area (Å²) in [4.78, 5) is 0. The first-order valence-corrected chi connectivity index (χ1v) is 23.3. The van der Waals surface area contributed by atoms with Crippen molar-refractivity contribution in [1.29, 1.82) is 10.5 Å². The SMILES string of the molecule is C.C.C.C.COc1ccc(C(C#N)C2(O)CCCCC2)cc1.COc1ccc(C(CN)C2(O)CCCCC2)cc1.COc1ccc(C(CN)C2(O)CCCCC2)cc1.COc1ccc(CC#N)cc1.Cl. The van der Waals surface area contributed by atoms with Crippen molar-refractivity contribution in [2.45, 2.75) is 167 Å². The van der Waals surface area contributed by atoms with Gasteiger partial charge in [0.05, 0.1) is 69.7 Å². The van der Waals surface area contributed by atoms with E-state index in [4.69, 9.17) is 35.7 Å². The Morgan fingerprint density at radius 2 is 0.729 bits per heavy atom. The molecular weight excluding hydrogens is 900 g/mol. The summed E-state index contributed by atoms with van der Waals surface area (Å²) in [6.45, 7) is 0.978. The second-order valence-electron chi connectivity index (χ2n) is 17.6. The van der Waals surface area contributed by atoms with E-state index in [-0.39, 0.29) is 53.9 Å². The summed E-state index contributed by atoms with van der Waals surface area (Å²) in [5.41, 5.74) is 13.8. The van der Waals surface area contributed by atoms with Crippen LogP contribution in [0, 0.1) is 22.7 Å². The van der Waals surface area contributed by atoms with Gasteiger partial charge >= 0.3 is 0 Å². The van der Waals surface area contributed by atoms with Crippen molar-refractivity contribution in [2.75, 3.05) is 41.5 Å². The highest BCUT2D eigenvalue weighted by Crippen LogP contribution is 2.42. The van der Waals surface area contributed by atoms with E-state index in [0.717, 1.165) is 129 Å². The highest BCUT2D eigenvalue weighted by Gasteiger charge is 2.40. The Morgan fingerprint density at radius 1 is 0.457 bits per heavy atom. The second-order valence-corrected chi connectivity index (χ2v) is 17.6. The number of aliphatic hydroxyl groups is 3. The molecule has 0 amide bonds. The first-order valence-electron chi connectivity index (χ1n) is 23.3. The number of rotatable bonds is 13. The fourth-order valence-electron chi connectivity index (χ4n) is 9.62. The number of hydrogen-bond acceptors (Lipinski definition) is 11. The van der Waals surface area contributed by atoms with Gasteiger partial charge in [-0.2, -0.15) is 10.5 Å². The van der Waals surface area contributed by atoms with E-state index in [1.807, 2.05) is 97.1 Å². The van der Waals surface area contributed by atoms with Crippen LogP contribution in [0.15, 0.2) is 97.1 Å². The predicted molar refractivity (Wildman–Crippen MR) is 292 cm³/mol. The van der Waals surface area contributed by atoms with E-state index in [2.05, 4.69) is 12.1 Å². The largest absolute Gasteiger partial charge is 0.497 e. The number of hydrogen-bond donors (Lipinski definition) is 5. The van der Waals surface area contributed by atoms with E-state index >= 15 is 0 Å². The summed E-state index contributed by atoms with van der Waals surface area (Å²) in [6, 6.07) is 35.1. The van der Waals surface area contributed by atoms with Crippen molar-refractivity contribution in [2.24, 2.45) is 11.5 Å². The second kappa shape index (κ2) is 34.5. The third-order valence-electron chi connectivity index (χ3n) is 13.5. The standard InChI is InChI=1S/2C15H23NO2.C15H19NO2.C9H9NO.4CH4.ClH/c3*1-18-13-7-5-12(6-8-13)14(11-16)15(17)9-3-2-4-10-15;1-11-9-4-2-8(3-5-9)6-7-10;;;;;/h2*5-8,14,17H,2-4,9-11,16H2,1H3;5-8,14,17H,2-4,9-10H2,1H3;2-5H,6H2,1H3;4*1H4;1H. The average molecular weight is 992 g/mol. The van der Waals surface area contributed by atoms with Gasteiger partial charge in [-0.05, 0) is 109 Å². The summed E-state index contributed by atoms with van der Waals surface area (Å²) in [5, 5.41) is 50.0. The molecule has 0 aliphatic heterocycles. The normalized spacial score (nSPS) is 17.0. The summed E-state index contributed by atoms with van der Waals surface area (Å²) in [7, 11) is 6.55. The van der Waals surface area contributed by atoms with Crippen molar-refractivity contribution < 1.29 is 34.3 Å². The molecule has 4 aromatic carbocycles. The van der Waals surface area contributed by atoms with Crippen LogP contribution in [0.25, 0.3) is 0 Å². The van der Waals surface area contributed by atoms with Crippen LogP contribution in [0.4, 0.5) is 0 Å². The summed E-state index contributed by atoms with van der Waals surface area (Å²) in [5.74, 6) is 2.89. The van der Waals surface area contributed by atoms with Gasteiger partial charge in [0.1, 0.15) is 23.0 Å². The Morgan fingerprint density at radius 3 is 0.986 bits per heavy atom. The van der Waals surface area contributed by atoms with E-state index in [1.165, 1.54) is 12.8 Å². The van der Waals surface area contributed by atoms with E-state index in [9.17, 15) is 20.6 Å². The molecule has 3 aliphatic carbocycles. The van der Waals surface area contributed by atoms with Crippen LogP contribution >= 0.6 is 12.4 Å². The van der Waals surface area contributed by atoms with Gasteiger partial charge in [-0.3, -0.25) is 0 Å². The minimum Gasteiger partial charge on any atom is -0.497 e. The smallest absolute Gasteiger partial charge is 0.118 e.